The second-order valence-electron chi connectivity index (χ2n) is 5.23. The summed E-state index contributed by atoms with van der Waals surface area (Å²) in [6.45, 7) is 2.00. The van der Waals surface area contributed by atoms with Gasteiger partial charge in [-0.25, -0.2) is 4.98 Å². The van der Waals surface area contributed by atoms with Gasteiger partial charge in [0.25, 0.3) is 0 Å². The molecule has 3 heteroatoms. The van der Waals surface area contributed by atoms with Crippen LogP contribution in [0.3, 0.4) is 0 Å². The molecule has 3 nitrogen and oxygen atoms in total. The molecule has 19 heavy (non-hydrogen) atoms. The van der Waals surface area contributed by atoms with Gasteiger partial charge < -0.3 is 11.1 Å². The van der Waals surface area contributed by atoms with Gasteiger partial charge >= 0.3 is 0 Å². The number of aromatic nitrogens is 1. The summed E-state index contributed by atoms with van der Waals surface area (Å²) < 4.78 is 0. The van der Waals surface area contributed by atoms with Crippen molar-refractivity contribution in [2.45, 2.75) is 32.6 Å². The number of benzene rings is 1. The molecule has 1 aromatic heterocycles. The van der Waals surface area contributed by atoms with Crippen LogP contribution < -0.4 is 11.1 Å². The Hall–Kier alpha value is -2.03. The predicted molar refractivity (Wildman–Crippen MR) is 79.8 cm³/mol. The zero-order valence-corrected chi connectivity index (χ0v) is 11.2. The maximum atomic E-state index is 6.02. The number of nitrogens with one attached hydrogen (secondary N) is 1. The first kappa shape index (κ1) is 12.0. The van der Waals surface area contributed by atoms with Gasteiger partial charge in [-0.15, -0.1) is 0 Å². The molecule has 0 fully saturated rings. The van der Waals surface area contributed by atoms with Crippen molar-refractivity contribution in [2.75, 3.05) is 11.1 Å². The highest BCUT2D eigenvalue weighted by molar-refractivity contribution is 5.71. The molecule has 2 aromatic rings. The van der Waals surface area contributed by atoms with Gasteiger partial charge in [-0.1, -0.05) is 12.1 Å². The van der Waals surface area contributed by atoms with Crippen LogP contribution in [0.5, 0.6) is 0 Å². The van der Waals surface area contributed by atoms with Crippen LogP contribution in [-0.4, -0.2) is 4.98 Å². The zero-order valence-electron chi connectivity index (χ0n) is 11.2. The maximum Gasteiger partial charge on any atom is 0.153 e. The zero-order chi connectivity index (χ0) is 13.2. The Kier molecular flexibility index (Phi) is 3.11. The first-order chi connectivity index (χ1) is 9.24. The average Bonchev–Trinajstić information content (AvgIpc) is 2.42. The third-order valence-corrected chi connectivity index (χ3v) is 3.70. The van der Waals surface area contributed by atoms with Gasteiger partial charge in [0, 0.05) is 11.9 Å². The molecule has 1 aliphatic rings. The summed E-state index contributed by atoms with van der Waals surface area (Å²) in [4.78, 5) is 4.39. The van der Waals surface area contributed by atoms with Gasteiger partial charge in [-0.05, 0) is 61.4 Å². The van der Waals surface area contributed by atoms with Gasteiger partial charge in [0.2, 0.25) is 0 Å². The molecule has 1 aromatic carbocycles. The van der Waals surface area contributed by atoms with Crippen molar-refractivity contribution < 1.29 is 0 Å². The summed E-state index contributed by atoms with van der Waals surface area (Å²) in [5.41, 5.74) is 11.8. The highest BCUT2D eigenvalue weighted by atomic mass is 15.0. The van der Waals surface area contributed by atoms with Gasteiger partial charge in [0.15, 0.2) is 5.82 Å². The molecule has 0 radical (unpaired) electrons. The number of aryl methyl sites for hydroxylation is 2. The molecule has 0 amide bonds. The van der Waals surface area contributed by atoms with Crippen LogP contribution in [0.1, 0.15) is 29.5 Å². The van der Waals surface area contributed by atoms with E-state index in [0.717, 1.165) is 23.5 Å². The van der Waals surface area contributed by atoms with Crippen LogP contribution in [0.2, 0.25) is 0 Å². The standard InChI is InChI=1S/C16H19N3/c1-11-9-14(17)16(18-10-11)19-15-8-4-6-12-5-2-3-7-13(12)15/h4,6,8-10H,2-3,5,7,17H2,1H3,(H,18,19). The molecular formula is C16H19N3. The monoisotopic (exact) mass is 253 g/mol. The van der Waals surface area contributed by atoms with E-state index in [0.29, 0.717) is 5.69 Å². The number of nitrogen functional groups attached to an aromatic ring is 1. The number of hydrogen-bond acceptors (Lipinski definition) is 3. The van der Waals surface area contributed by atoms with E-state index < -0.39 is 0 Å². The molecule has 3 rings (SSSR count). The summed E-state index contributed by atoms with van der Waals surface area (Å²) in [5, 5.41) is 3.39. The lowest BCUT2D eigenvalue weighted by Crippen LogP contribution is -2.07. The maximum absolute atomic E-state index is 6.02. The third-order valence-electron chi connectivity index (χ3n) is 3.70. The summed E-state index contributed by atoms with van der Waals surface area (Å²) in [6, 6.07) is 8.40. The number of rotatable bonds is 2. The Morgan fingerprint density at radius 3 is 2.89 bits per heavy atom. The van der Waals surface area contributed by atoms with Gasteiger partial charge in [-0.2, -0.15) is 0 Å². The minimum atomic E-state index is 0.702. The molecule has 0 saturated carbocycles. The van der Waals surface area contributed by atoms with E-state index >= 15 is 0 Å². The fourth-order valence-electron chi connectivity index (χ4n) is 2.72. The fourth-order valence-corrected chi connectivity index (χ4v) is 2.72. The minimum absolute atomic E-state index is 0.702. The van der Waals surface area contributed by atoms with E-state index in [1.54, 1.807) is 0 Å². The van der Waals surface area contributed by atoms with E-state index in [2.05, 4.69) is 28.5 Å². The van der Waals surface area contributed by atoms with Crippen molar-refractivity contribution in [3.8, 4) is 0 Å². The molecule has 0 spiro atoms. The number of hydrogen-bond donors (Lipinski definition) is 2. The number of nitrogens with two attached hydrogens (primary N) is 1. The van der Waals surface area contributed by atoms with E-state index in [1.165, 1.54) is 30.4 Å². The number of nitrogens with zero attached hydrogens (tertiary/aromatic N) is 1. The lowest BCUT2D eigenvalue weighted by atomic mass is 9.90. The lowest BCUT2D eigenvalue weighted by Gasteiger charge is -2.20. The van der Waals surface area contributed by atoms with Crippen LogP contribution in [0.4, 0.5) is 17.2 Å². The largest absolute Gasteiger partial charge is 0.396 e. The smallest absolute Gasteiger partial charge is 0.153 e. The first-order valence-electron chi connectivity index (χ1n) is 6.84. The second kappa shape index (κ2) is 4.92. The number of anilines is 3. The second-order valence-corrected chi connectivity index (χ2v) is 5.23. The Bertz CT molecular complexity index is 605. The molecule has 3 N–H and O–H groups in total. The fraction of sp³-hybridized carbons (Fsp3) is 0.312. The van der Waals surface area contributed by atoms with Crippen molar-refractivity contribution >= 4 is 17.2 Å². The van der Waals surface area contributed by atoms with E-state index in [9.17, 15) is 0 Å². The van der Waals surface area contributed by atoms with Crippen molar-refractivity contribution in [3.05, 3.63) is 47.2 Å². The van der Waals surface area contributed by atoms with Gasteiger partial charge in [-0.3, -0.25) is 0 Å². The van der Waals surface area contributed by atoms with E-state index in [4.69, 9.17) is 5.73 Å². The molecule has 0 atom stereocenters. The van der Waals surface area contributed by atoms with Gasteiger partial charge in [0.1, 0.15) is 0 Å². The van der Waals surface area contributed by atoms with Crippen molar-refractivity contribution in [3.63, 3.8) is 0 Å². The minimum Gasteiger partial charge on any atom is -0.396 e. The summed E-state index contributed by atoms with van der Waals surface area (Å²) in [7, 11) is 0. The van der Waals surface area contributed by atoms with E-state index in [1.807, 2.05) is 19.2 Å². The van der Waals surface area contributed by atoms with E-state index in [-0.39, 0.29) is 0 Å². The molecule has 98 valence electrons. The van der Waals surface area contributed by atoms with Gasteiger partial charge in [0.05, 0.1) is 5.69 Å². The van der Waals surface area contributed by atoms with Crippen LogP contribution >= 0.6 is 0 Å². The topological polar surface area (TPSA) is 50.9 Å². The molecule has 0 saturated heterocycles. The highest BCUT2D eigenvalue weighted by Gasteiger charge is 2.13. The summed E-state index contributed by atoms with van der Waals surface area (Å²) in [6.07, 6.45) is 6.73. The lowest BCUT2D eigenvalue weighted by molar-refractivity contribution is 0.687. The Morgan fingerprint density at radius 2 is 2.05 bits per heavy atom. The van der Waals surface area contributed by atoms with Crippen LogP contribution in [0.25, 0.3) is 0 Å². The Morgan fingerprint density at radius 1 is 1.21 bits per heavy atom. The molecular weight excluding hydrogens is 234 g/mol. The average molecular weight is 253 g/mol. The number of pyridine rings is 1. The van der Waals surface area contributed by atoms with Crippen LogP contribution in [-0.2, 0) is 12.8 Å². The van der Waals surface area contributed by atoms with Crippen LogP contribution in [0, 0.1) is 6.92 Å². The Balaban J connectivity index is 1.95. The van der Waals surface area contributed by atoms with Crippen molar-refractivity contribution in [2.24, 2.45) is 0 Å². The normalized spacial score (nSPS) is 13.9. The molecule has 1 heterocycles. The Labute approximate surface area is 113 Å². The van der Waals surface area contributed by atoms with Crippen molar-refractivity contribution in [1.29, 1.82) is 0 Å². The quantitative estimate of drug-likeness (QED) is 0.859. The SMILES string of the molecule is Cc1cnc(Nc2cccc3c2CCCC3)c(N)c1. The molecule has 0 aliphatic heterocycles. The first-order valence-corrected chi connectivity index (χ1v) is 6.84. The summed E-state index contributed by atoms with van der Waals surface area (Å²) >= 11 is 0. The molecule has 0 unspecified atom stereocenters. The molecule has 1 aliphatic carbocycles. The predicted octanol–water partition coefficient (Wildman–Crippen LogP) is 3.59. The van der Waals surface area contributed by atoms with Crippen molar-refractivity contribution in [1.82, 2.24) is 4.98 Å². The molecule has 0 bridgehead atoms. The summed E-state index contributed by atoms with van der Waals surface area (Å²) in [5.74, 6) is 0.754. The number of fused-ring (bicyclic) bond motifs is 1. The van der Waals surface area contributed by atoms with Crippen LogP contribution in [0.15, 0.2) is 30.5 Å². The third kappa shape index (κ3) is 2.41. The highest BCUT2D eigenvalue weighted by Crippen LogP contribution is 2.30.